The summed E-state index contributed by atoms with van der Waals surface area (Å²) in [5, 5.41) is 10.9. The van der Waals surface area contributed by atoms with Crippen LogP contribution in [0, 0.1) is 5.41 Å². The molecule has 4 nitrogen and oxygen atoms in total. The molecule has 1 fully saturated rings. The summed E-state index contributed by atoms with van der Waals surface area (Å²) in [7, 11) is 0. The van der Waals surface area contributed by atoms with Gasteiger partial charge >= 0.3 is 0 Å². The van der Waals surface area contributed by atoms with Crippen molar-refractivity contribution < 1.29 is 14.8 Å². The Hall–Kier alpha value is -1.42. The average molecular weight is 265 g/mol. The molecule has 4 heteroatoms. The van der Waals surface area contributed by atoms with Gasteiger partial charge in [-0.05, 0) is 11.8 Å². The van der Waals surface area contributed by atoms with Gasteiger partial charge in [0.05, 0.1) is 17.8 Å². The van der Waals surface area contributed by atoms with Crippen molar-refractivity contribution in [3.8, 4) is 0 Å². The number of ketones is 2. The molecule has 0 bridgehead atoms. The van der Waals surface area contributed by atoms with Gasteiger partial charge in [0.15, 0.2) is 11.6 Å². The van der Waals surface area contributed by atoms with Crippen LogP contribution < -0.4 is 0 Å². The number of hydrogen-bond acceptors (Lipinski definition) is 4. The zero-order valence-electron chi connectivity index (χ0n) is 12.0. The number of rotatable bonds is 5. The highest BCUT2D eigenvalue weighted by atomic mass is 16.5. The molecule has 0 radical (unpaired) electrons. The average Bonchev–Trinajstić information content (AvgIpc) is 2.25. The monoisotopic (exact) mass is 265 g/mol. The zero-order chi connectivity index (χ0) is 14.6. The number of carbonyl (C=O) groups is 2. The number of hydrogen-bond donors (Lipinski definition) is 1. The minimum Gasteiger partial charge on any atom is -0.294 e. The van der Waals surface area contributed by atoms with E-state index in [-0.39, 0.29) is 29.1 Å². The summed E-state index contributed by atoms with van der Waals surface area (Å²) < 4.78 is 0. The fourth-order valence-corrected chi connectivity index (χ4v) is 2.44. The molecule has 0 atom stereocenters. The van der Waals surface area contributed by atoms with E-state index in [0.717, 1.165) is 11.5 Å². The van der Waals surface area contributed by atoms with E-state index in [1.807, 2.05) is 20.8 Å². The highest BCUT2D eigenvalue weighted by Gasteiger charge is 2.37. The summed E-state index contributed by atoms with van der Waals surface area (Å²) in [6.45, 7) is 9.55. The fourth-order valence-electron chi connectivity index (χ4n) is 2.44. The number of carbonyl (C=O) groups excluding carboxylic acids is 2. The summed E-state index contributed by atoms with van der Waals surface area (Å²) in [4.78, 5) is 24.4. The van der Waals surface area contributed by atoms with Crippen LogP contribution in [0.3, 0.4) is 0 Å². The van der Waals surface area contributed by atoms with Crippen LogP contribution in [0.15, 0.2) is 23.9 Å². The van der Waals surface area contributed by atoms with Gasteiger partial charge in [0.2, 0.25) is 0 Å². The lowest BCUT2D eigenvalue weighted by Crippen LogP contribution is -2.35. The van der Waals surface area contributed by atoms with E-state index in [1.165, 1.54) is 6.08 Å². The molecule has 0 aliphatic heterocycles. The Labute approximate surface area is 114 Å². The largest absolute Gasteiger partial charge is 0.294 e. The van der Waals surface area contributed by atoms with E-state index in [0.29, 0.717) is 25.0 Å². The Kier molecular flexibility index (Phi) is 5.06. The number of nitrogens with zero attached hydrogens (tertiary/aromatic N) is 1. The number of allylic oxidation sites excluding steroid dienone is 2. The molecule has 0 heterocycles. The second-order valence-corrected chi connectivity index (χ2v) is 5.81. The molecule has 0 aromatic rings. The van der Waals surface area contributed by atoms with Crippen LogP contribution >= 0.6 is 0 Å². The van der Waals surface area contributed by atoms with Gasteiger partial charge in [0, 0.05) is 12.8 Å². The van der Waals surface area contributed by atoms with Crippen molar-refractivity contribution in [3.05, 3.63) is 23.9 Å². The molecular formula is C15H23NO3. The van der Waals surface area contributed by atoms with E-state index in [4.69, 9.17) is 0 Å². The summed E-state index contributed by atoms with van der Waals surface area (Å²) in [5.74, 6) is -0.319. The molecule has 0 aromatic carbocycles. The third-order valence-electron chi connectivity index (χ3n) is 3.22. The van der Waals surface area contributed by atoms with Crippen molar-refractivity contribution in [3.63, 3.8) is 0 Å². The predicted molar refractivity (Wildman–Crippen MR) is 73.7 cm³/mol. The van der Waals surface area contributed by atoms with Crippen molar-refractivity contribution in [2.75, 3.05) is 6.54 Å². The van der Waals surface area contributed by atoms with E-state index < -0.39 is 0 Å². The quantitative estimate of drug-likeness (QED) is 0.359. The lowest BCUT2D eigenvalue weighted by molar-refractivity contribution is -0.128. The zero-order valence-corrected chi connectivity index (χ0v) is 12.0. The van der Waals surface area contributed by atoms with Gasteiger partial charge in [-0.2, -0.15) is 0 Å². The smallest absolute Gasteiger partial charge is 0.168 e. The van der Waals surface area contributed by atoms with Crippen molar-refractivity contribution in [1.29, 1.82) is 0 Å². The van der Waals surface area contributed by atoms with E-state index in [1.54, 1.807) is 0 Å². The van der Waals surface area contributed by atoms with Gasteiger partial charge in [-0.15, -0.1) is 6.58 Å². The van der Waals surface area contributed by atoms with E-state index in [2.05, 4.69) is 6.58 Å². The summed E-state index contributed by atoms with van der Waals surface area (Å²) in [6.07, 6.45) is 3.51. The standard InChI is InChI=1S/C15H23NO3/c1-5-7-11(16(19)8-6-2)14-12(17)9-15(3,4)10-13(14)18/h6,19H,2,5,7-10H2,1,3-4H3. The third-order valence-corrected chi connectivity index (χ3v) is 3.22. The maximum absolute atomic E-state index is 12.2. The number of Topliss-reactive ketones (excluding diaryl/α,β-unsaturated/α-hetero) is 2. The second-order valence-electron chi connectivity index (χ2n) is 5.81. The molecule has 0 unspecified atom stereocenters. The van der Waals surface area contributed by atoms with Gasteiger partial charge in [-0.25, -0.2) is 0 Å². The minimum absolute atomic E-state index is 0.159. The van der Waals surface area contributed by atoms with Crippen molar-refractivity contribution in [1.82, 2.24) is 5.06 Å². The first kappa shape index (κ1) is 15.6. The Bertz CT molecular complexity index is 399. The lowest BCUT2D eigenvalue weighted by Gasteiger charge is -2.31. The molecule has 0 spiro atoms. The van der Waals surface area contributed by atoms with Crippen LogP contribution in [0.25, 0.3) is 0 Å². The molecule has 106 valence electrons. The molecule has 1 saturated carbocycles. The lowest BCUT2D eigenvalue weighted by atomic mass is 9.73. The van der Waals surface area contributed by atoms with Gasteiger partial charge in [0.25, 0.3) is 0 Å². The van der Waals surface area contributed by atoms with Crippen molar-refractivity contribution in [2.45, 2.75) is 46.5 Å². The van der Waals surface area contributed by atoms with Crippen LogP contribution in [-0.4, -0.2) is 28.4 Å². The number of hydroxylamine groups is 2. The maximum Gasteiger partial charge on any atom is 0.168 e. The highest BCUT2D eigenvalue weighted by Crippen LogP contribution is 2.35. The topological polar surface area (TPSA) is 57.6 Å². The Morgan fingerprint density at radius 2 is 1.89 bits per heavy atom. The first-order valence-electron chi connectivity index (χ1n) is 6.69. The van der Waals surface area contributed by atoms with E-state index >= 15 is 0 Å². The van der Waals surface area contributed by atoms with Gasteiger partial charge in [0.1, 0.15) is 0 Å². The van der Waals surface area contributed by atoms with Crippen LogP contribution in [-0.2, 0) is 9.59 Å². The van der Waals surface area contributed by atoms with Crippen molar-refractivity contribution in [2.24, 2.45) is 5.41 Å². The fraction of sp³-hybridized carbons (Fsp3) is 0.600. The molecule has 1 aliphatic rings. The SMILES string of the molecule is C=CCN(O)C(CCC)=C1C(=O)CC(C)(C)CC1=O. The summed E-state index contributed by atoms with van der Waals surface area (Å²) in [5.41, 5.74) is 0.340. The molecule has 1 aliphatic carbocycles. The second kappa shape index (κ2) is 6.15. The summed E-state index contributed by atoms with van der Waals surface area (Å²) in [6, 6.07) is 0. The van der Waals surface area contributed by atoms with Crippen LogP contribution in [0.4, 0.5) is 0 Å². The highest BCUT2D eigenvalue weighted by molar-refractivity contribution is 6.22. The molecule has 1 rings (SSSR count). The predicted octanol–water partition coefficient (Wildman–Crippen LogP) is 2.88. The van der Waals surface area contributed by atoms with Gasteiger partial charge < -0.3 is 0 Å². The molecule has 0 saturated heterocycles. The maximum atomic E-state index is 12.2. The first-order valence-corrected chi connectivity index (χ1v) is 6.69. The minimum atomic E-state index is -0.284. The molecular weight excluding hydrogens is 242 g/mol. The van der Waals surface area contributed by atoms with Gasteiger partial charge in [-0.1, -0.05) is 33.3 Å². The normalized spacial score (nSPS) is 18.4. The Morgan fingerprint density at radius 1 is 1.37 bits per heavy atom. The van der Waals surface area contributed by atoms with Crippen LogP contribution in [0.5, 0.6) is 0 Å². The first-order chi connectivity index (χ1) is 8.82. The van der Waals surface area contributed by atoms with Gasteiger partial charge in [-0.3, -0.25) is 19.9 Å². The van der Waals surface area contributed by atoms with Crippen molar-refractivity contribution >= 4 is 11.6 Å². The molecule has 0 amide bonds. The molecule has 1 N–H and O–H groups in total. The van der Waals surface area contributed by atoms with Crippen LogP contribution in [0.1, 0.15) is 46.5 Å². The third kappa shape index (κ3) is 3.77. The molecule has 19 heavy (non-hydrogen) atoms. The Balaban J connectivity index is 3.17. The van der Waals surface area contributed by atoms with E-state index in [9.17, 15) is 14.8 Å². The molecule has 0 aromatic heterocycles. The Morgan fingerprint density at radius 3 is 2.32 bits per heavy atom. The van der Waals surface area contributed by atoms with Crippen LogP contribution in [0.2, 0.25) is 0 Å². The summed E-state index contributed by atoms with van der Waals surface area (Å²) >= 11 is 0.